The number of benzene rings is 2. The van der Waals surface area contributed by atoms with Crippen molar-refractivity contribution in [3.63, 3.8) is 0 Å². The zero-order valence-corrected chi connectivity index (χ0v) is 22.4. The number of hydrogen-bond donors (Lipinski definition) is 1. The maximum Gasteiger partial charge on any atom is 0.306 e. The second-order valence-corrected chi connectivity index (χ2v) is 10.4. The van der Waals surface area contributed by atoms with Crippen LogP contribution in [0.4, 0.5) is 23.1 Å². The summed E-state index contributed by atoms with van der Waals surface area (Å²) in [4.78, 5) is 26.1. The van der Waals surface area contributed by atoms with E-state index in [4.69, 9.17) is 26.1 Å². The normalized spacial score (nSPS) is 18.8. The number of nitrogens with one attached hydrogen (secondary N) is 1. The van der Waals surface area contributed by atoms with E-state index < -0.39 is 5.41 Å². The van der Waals surface area contributed by atoms with Crippen LogP contribution < -0.4 is 15.0 Å². The number of esters is 1. The second kappa shape index (κ2) is 10.2. The number of para-hydroxylation sites is 1. The zero-order valence-electron chi connectivity index (χ0n) is 21.7. The summed E-state index contributed by atoms with van der Waals surface area (Å²) in [7, 11) is 3.79. The molecule has 1 atom stereocenters. The number of hydrogen-bond acceptors (Lipinski definition) is 8. The molecule has 1 N–H and O–H groups in total. The predicted octanol–water partition coefficient (Wildman–Crippen LogP) is 5.23. The van der Waals surface area contributed by atoms with Crippen LogP contribution in [0, 0.1) is 0 Å². The van der Waals surface area contributed by atoms with Crippen LogP contribution in [0.3, 0.4) is 0 Å². The molecular weight excluding hydrogens is 490 g/mol. The van der Waals surface area contributed by atoms with Gasteiger partial charge in [0.15, 0.2) is 5.82 Å². The third kappa shape index (κ3) is 4.95. The molecule has 0 spiro atoms. The minimum Gasteiger partial charge on any atom is -0.495 e. The standard InChI is InChI=1S/C28H32ClN5O3/c1-5-37-25(35)14-28(2)17-34(23-9-7-6-8-20(23)28)26-21(29)15-30-27(32-26)31-22-12-19-16-33(3)11-10-18(19)13-24(22)36-4/h6-9,12-13,15H,5,10-11,14,16-17H2,1-4H3,(H,30,31,32). The Morgan fingerprint density at radius 3 is 2.84 bits per heavy atom. The lowest BCUT2D eigenvalue weighted by Crippen LogP contribution is -2.32. The molecule has 9 heteroatoms. The first kappa shape index (κ1) is 25.3. The van der Waals surface area contributed by atoms with E-state index in [0.29, 0.717) is 29.9 Å². The van der Waals surface area contributed by atoms with Crippen LogP contribution in [0.15, 0.2) is 42.6 Å². The van der Waals surface area contributed by atoms with Crippen molar-refractivity contribution in [1.82, 2.24) is 14.9 Å². The highest BCUT2D eigenvalue weighted by Crippen LogP contribution is 2.47. The Kier molecular flexibility index (Phi) is 6.96. The lowest BCUT2D eigenvalue weighted by atomic mass is 9.81. The Bertz CT molecular complexity index is 1330. The van der Waals surface area contributed by atoms with Crippen LogP contribution in [0.25, 0.3) is 0 Å². The van der Waals surface area contributed by atoms with Crippen molar-refractivity contribution >= 4 is 40.7 Å². The van der Waals surface area contributed by atoms with Crippen molar-refractivity contribution in [3.8, 4) is 5.75 Å². The molecule has 0 aliphatic carbocycles. The smallest absolute Gasteiger partial charge is 0.306 e. The number of halogens is 1. The number of nitrogens with zero attached hydrogens (tertiary/aromatic N) is 4. The summed E-state index contributed by atoms with van der Waals surface area (Å²) < 4.78 is 11.0. The molecule has 2 aliphatic rings. The highest BCUT2D eigenvalue weighted by Gasteiger charge is 2.42. The molecule has 0 saturated carbocycles. The molecule has 2 aromatic carbocycles. The van der Waals surface area contributed by atoms with Crippen molar-refractivity contribution in [3.05, 3.63) is 64.3 Å². The number of methoxy groups -OCH3 is 1. The molecule has 5 rings (SSSR count). The molecule has 194 valence electrons. The summed E-state index contributed by atoms with van der Waals surface area (Å²) in [5, 5.41) is 3.78. The van der Waals surface area contributed by atoms with E-state index >= 15 is 0 Å². The quantitative estimate of drug-likeness (QED) is 0.423. The number of likely N-dealkylation sites (N-methyl/N-ethyl adjacent to an activating group) is 1. The van der Waals surface area contributed by atoms with Gasteiger partial charge in [0.2, 0.25) is 5.95 Å². The summed E-state index contributed by atoms with van der Waals surface area (Å²) in [5.41, 5.74) is 4.95. The van der Waals surface area contributed by atoms with E-state index in [0.717, 1.165) is 42.2 Å². The van der Waals surface area contributed by atoms with Gasteiger partial charge < -0.3 is 24.6 Å². The van der Waals surface area contributed by atoms with Gasteiger partial charge in [-0.3, -0.25) is 4.79 Å². The van der Waals surface area contributed by atoms with Crippen molar-refractivity contribution in [1.29, 1.82) is 0 Å². The number of carbonyl (C=O) groups is 1. The molecule has 0 amide bonds. The van der Waals surface area contributed by atoms with Crippen LogP contribution in [-0.4, -0.2) is 54.7 Å². The molecule has 3 aromatic rings. The number of anilines is 4. The summed E-state index contributed by atoms with van der Waals surface area (Å²) in [6, 6.07) is 12.3. The number of aromatic nitrogens is 2. The van der Waals surface area contributed by atoms with Gasteiger partial charge in [-0.1, -0.05) is 36.7 Å². The summed E-state index contributed by atoms with van der Waals surface area (Å²) in [5.74, 6) is 1.52. The Hall–Kier alpha value is -3.36. The monoisotopic (exact) mass is 521 g/mol. The van der Waals surface area contributed by atoms with Gasteiger partial charge in [0.1, 0.15) is 10.8 Å². The van der Waals surface area contributed by atoms with E-state index in [-0.39, 0.29) is 12.4 Å². The average Bonchev–Trinajstić information content (AvgIpc) is 3.17. The molecule has 0 bridgehead atoms. The fraction of sp³-hybridized carbons (Fsp3) is 0.393. The van der Waals surface area contributed by atoms with Crippen molar-refractivity contribution in [2.75, 3.05) is 44.1 Å². The van der Waals surface area contributed by atoms with Gasteiger partial charge in [-0.05, 0) is 55.3 Å². The molecule has 1 aromatic heterocycles. The minimum atomic E-state index is -0.446. The van der Waals surface area contributed by atoms with Crippen LogP contribution in [0.2, 0.25) is 5.02 Å². The molecule has 0 radical (unpaired) electrons. The van der Waals surface area contributed by atoms with Gasteiger partial charge in [-0.25, -0.2) is 4.98 Å². The summed E-state index contributed by atoms with van der Waals surface area (Å²) in [6.07, 6.45) is 2.86. The highest BCUT2D eigenvalue weighted by atomic mass is 35.5. The van der Waals surface area contributed by atoms with E-state index in [1.807, 2.05) is 25.1 Å². The van der Waals surface area contributed by atoms with E-state index in [1.165, 1.54) is 11.1 Å². The van der Waals surface area contributed by atoms with Crippen LogP contribution >= 0.6 is 11.6 Å². The molecule has 0 saturated heterocycles. The highest BCUT2D eigenvalue weighted by molar-refractivity contribution is 6.33. The Balaban J connectivity index is 1.48. The minimum absolute atomic E-state index is 0.219. The Morgan fingerprint density at radius 2 is 2.05 bits per heavy atom. The van der Waals surface area contributed by atoms with Gasteiger partial charge in [-0.15, -0.1) is 0 Å². The second-order valence-electron chi connectivity index (χ2n) is 9.94. The Morgan fingerprint density at radius 1 is 1.24 bits per heavy atom. The largest absolute Gasteiger partial charge is 0.495 e. The van der Waals surface area contributed by atoms with E-state index in [2.05, 4.69) is 52.3 Å². The first-order valence-corrected chi connectivity index (χ1v) is 12.9. The van der Waals surface area contributed by atoms with Crippen molar-refractivity contribution in [2.45, 2.75) is 38.6 Å². The SMILES string of the molecule is CCOC(=O)CC1(C)CN(c2nc(Nc3cc4c(cc3OC)CCN(C)C4)ncc2Cl)c2ccccc21. The lowest BCUT2D eigenvalue weighted by molar-refractivity contribution is -0.144. The molecule has 1 unspecified atom stereocenters. The number of rotatable bonds is 7. The number of carbonyl (C=O) groups excluding carboxylic acids is 1. The lowest BCUT2D eigenvalue weighted by Gasteiger charge is -2.27. The van der Waals surface area contributed by atoms with Gasteiger partial charge in [-0.2, -0.15) is 4.98 Å². The van der Waals surface area contributed by atoms with Crippen LogP contribution in [0.5, 0.6) is 5.75 Å². The molecule has 37 heavy (non-hydrogen) atoms. The Labute approximate surface area is 222 Å². The van der Waals surface area contributed by atoms with Crippen LogP contribution in [-0.2, 0) is 27.9 Å². The number of fused-ring (bicyclic) bond motifs is 2. The number of ether oxygens (including phenoxy) is 2. The maximum absolute atomic E-state index is 12.4. The average molecular weight is 522 g/mol. The van der Waals surface area contributed by atoms with Crippen molar-refractivity contribution < 1.29 is 14.3 Å². The van der Waals surface area contributed by atoms with Gasteiger partial charge >= 0.3 is 5.97 Å². The fourth-order valence-corrected chi connectivity index (χ4v) is 5.52. The first-order chi connectivity index (χ1) is 17.8. The van der Waals surface area contributed by atoms with E-state index in [9.17, 15) is 4.79 Å². The maximum atomic E-state index is 12.4. The topological polar surface area (TPSA) is 79.8 Å². The molecule has 0 fully saturated rings. The predicted molar refractivity (Wildman–Crippen MR) is 145 cm³/mol. The summed E-state index contributed by atoms with van der Waals surface area (Å²) in [6.45, 7) is 6.70. The van der Waals surface area contributed by atoms with Crippen LogP contribution in [0.1, 0.15) is 37.0 Å². The molecular formula is C28H32ClN5O3. The van der Waals surface area contributed by atoms with Crippen molar-refractivity contribution in [2.24, 2.45) is 0 Å². The summed E-state index contributed by atoms with van der Waals surface area (Å²) >= 11 is 6.65. The third-order valence-corrected chi connectivity index (χ3v) is 7.41. The zero-order chi connectivity index (χ0) is 26.2. The van der Waals surface area contributed by atoms with Gasteiger partial charge in [0.25, 0.3) is 0 Å². The third-order valence-electron chi connectivity index (χ3n) is 7.14. The van der Waals surface area contributed by atoms with E-state index in [1.54, 1.807) is 13.3 Å². The van der Waals surface area contributed by atoms with Gasteiger partial charge in [0.05, 0.1) is 32.0 Å². The molecule has 8 nitrogen and oxygen atoms in total. The first-order valence-electron chi connectivity index (χ1n) is 12.5. The molecule has 2 aliphatic heterocycles. The van der Waals surface area contributed by atoms with Gasteiger partial charge in [0, 0.05) is 30.7 Å². The molecule has 3 heterocycles. The fourth-order valence-electron chi connectivity index (χ4n) is 5.33.